The molecule has 0 saturated heterocycles. The van der Waals surface area contributed by atoms with Crippen LogP contribution in [0.25, 0.3) is 0 Å². The van der Waals surface area contributed by atoms with Gasteiger partial charge in [-0.1, -0.05) is 67.2 Å². The van der Waals surface area contributed by atoms with Gasteiger partial charge in [0, 0.05) is 6.42 Å². The second kappa shape index (κ2) is 9.66. The van der Waals surface area contributed by atoms with Gasteiger partial charge >= 0.3 is 5.97 Å². The molecule has 0 aromatic carbocycles. The van der Waals surface area contributed by atoms with E-state index in [4.69, 9.17) is 9.78 Å². The molecule has 0 N–H and O–H groups in total. The van der Waals surface area contributed by atoms with Crippen LogP contribution in [-0.2, 0) is 14.6 Å². The van der Waals surface area contributed by atoms with E-state index in [1.165, 1.54) is 25.7 Å². The molecule has 0 amide bonds. The number of carbonyl (C=O) groups is 1. The van der Waals surface area contributed by atoms with E-state index in [1.54, 1.807) is 0 Å². The van der Waals surface area contributed by atoms with Crippen molar-refractivity contribution in [2.75, 3.05) is 0 Å². The molecule has 0 saturated carbocycles. The van der Waals surface area contributed by atoms with Gasteiger partial charge < -0.3 is 0 Å². The number of hydrogen-bond donors (Lipinski definition) is 0. The summed E-state index contributed by atoms with van der Waals surface area (Å²) in [5, 5.41) is 0. The van der Waals surface area contributed by atoms with Gasteiger partial charge in [0.1, 0.15) is 5.60 Å². The quantitative estimate of drug-likeness (QED) is 0.262. The molecule has 0 spiro atoms. The summed E-state index contributed by atoms with van der Waals surface area (Å²) in [7, 11) is 0. The molecule has 0 bridgehead atoms. The van der Waals surface area contributed by atoms with Gasteiger partial charge in [-0.05, 0) is 43.9 Å². The van der Waals surface area contributed by atoms with Crippen LogP contribution < -0.4 is 0 Å². The lowest BCUT2D eigenvalue weighted by Crippen LogP contribution is -2.31. The van der Waals surface area contributed by atoms with E-state index in [0.29, 0.717) is 11.8 Å². The molecule has 0 aliphatic heterocycles. The lowest BCUT2D eigenvalue weighted by atomic mass is 9.84. The molecule has 0 fully saturated rings. The normalized spacial score (nSPS) is 13.2. The summed E-state index contributed by atoms with van der Waals surface area (Å²) in [6.07, 6.45) is 8.25. The van der Waals surface area contributed by atoms with E-state index < -0.39 is 5.60 Å². The lowest BCUT2D eigenvalue weighted by molar-refractivity contribution is -0.329. The number of unbranched alkanes of at least 4 members (excludes halogenated alkanes) is 4. The van der Waals surface area contributed by atoms with Gasteiger partial charge in [-0.2, -0.15) is 4.89 Å². The fraction of sp³-hybridized carbons (Fsp3) is 0.950. The zero-order chi connectivity index (χ0) is 18.1. The van der Waals surface area contributed by atoms with Crippen molar-refractivity contribution in [3.8, 4) is 0 Å². The van der Waals surface area contributed by atoms with Crippen LogP contribution in [0.15, 0.2) is 0 Å². The summed E-state index contributed by atoms with van der Waals surface area (Å²) in [6, 6.07) is 0. The van der Waals surface area contributed by atoms with E-state index in [9.17, 15) is 4.79 Å². The summed E-state index contributed by atoms with van der Waals surface area (Å²) >= 11 is 0. The molecule has 0 rings (SSSR count). The predicted octanol–water partition coefficient (Wildman–Crippen LogP) is 6.45. The van der Waals surface area contributed by atoms with Crippen LogP contribution in [0, 0.1) is 10.8 Å². The predicted molar refractivity (Wildman–Crippen MR) is 97.1 cm³/mol. The van der Waals surface area contributed by atoms with Crippen molar-refractivity contribution in [1.29, 1.82) is 0 Å². The highest BCUT2D eigenvalue weighted by atomic mass is 17.2. The minimum atomic E-state index is -0.444. The van der Waals surface area contributed by atoms with Crippen molar-refractivity contribution in [3.63, 3.8) is 0 Å². The Balaban J connectivity index is 3.69. The lowest BCUT2D eigenvalue weighted by Gasteiger charge is -2.30. The summed E-state index contributed by atoms with van der Waals surface area (Å²) in [6.45, 7) is 17.2. The van der Waals surface area contributed by atoms with Crippen molar-refractivity contribution in [1.82, 2.24) is 0 Å². The zero-order valence-electron chi connectivity index (χ0n) is 16.9. The van der Waals surface area contributed by atoms with E-state index in [0.717, 1.165) is 19.3 Å². The Labute approximate surface area is 144 Å². The average Bonchev–Trinajstić information content (AvgIpc) is 2.31. The van der Waals surface area contributed by atoms with Crippen LogP contribution >= 0.6 is 0 Å². The molecule has 0 aromatic heterocycles. The highest BCUT2D eigenvalue weighted by Gasteiger charge is 2.28. The van der Waals surface area contributed by atoms with E-state index >= 15 is 0 Å². The van der Waals surface area contributed by atoms with Crippen molar-refractivity contribution in [2.45, 2.75) is 112 Å². The van der Waals surface area contributed by atoms with Crippen molar-refractivity contribution >= 4 is 5.97 Å². The highest BCUT2D eigenvalue weighted by molar-refractivity contribution is 5.68. The molecule has 0 heterocycles. The van der Waals surface area contributed by atoms with Gasteiger partial charge in [0.25, 0.3) is 0 Å². The van der Waals surface area contributed by atoms with Crippen molar-refractivity contribution < 1.29 is 14.6 Å². The van der Waals surface area contributed by atoms with Crippen LogP contribution in [0.4, 0.5) is 0 Å². The van der Waals surface area contributed by atoms with Crippen LogP contribution in [0.3, 0.4) is 0 Å². The Kier molecular flexibility index (Phi) is 9.42. The Hall–Kier alpha value is -0.570. The Bertz CT molecular complexity index is 332. The van der Waals surface area contributed by atoms with Gasteiger partial charge in [0.05, 0.1) is 0 Å². The largest absolute Gasteiger partial charge is 0.342 e. The monoisotopic (exact) mass is 328 g/mol. The minimum Gasteiger partial charge on any atom is -0.298 e. The van der Waals surface area contributed by atoms with Crippen LogP contribution in [0.1, 0.15) is 107 Å². The molecule has 0 radical (unpaired) electrons. The van der Waals surface area contributed by atoms with E-state index in [-0.39, 0.29) is 11.4 Å². The molecule has 0 aromatic rings. The van der Waals surface area contributed by atoms with Gasteiger partial charge in [-0.25, -0.2) is 4.79 Å². The first kappa shape index (κ1) is 22.4. The zero-order valence-corrected chi connectivity index (χ0v) is 16.9. The average molecular weight is 329 g/mol. The van der Waals surface area contributed by atoms with Crippen LogP contribution in [0.5, 0.6) is 0 Å². The molecule has 0 aliphatic carbocycles. The molecule has 23 heavy (non-hydrogen) atoms. The standard InChI is InChI=1S/C20H40O3/c1-18(2,3)15-13-11-9-10-12-14-17(21)22-23-20(7,8)16-19(4,5)6/h9-16H2,1-8H3. The van der Waals surface area contributed by atoms with Gasteiger partial charge in [-0.15, -0.1) is 0 Å². The maximum absolute atomic E-state index is 11.7. The molecule has 3 nitrogen and oxygen atoms in total. The number of carbonyl (C=O) groups excluding carboxylic acids is 1. The number of rotatable bonds is 10. The first-order valence-corrected chi connectivity index (χ1v) is 9.19. The summed E-state index contributed by atoms with van der Waals surface area (Å²) < 4.78 is 0. The second-order valence-corrected chi connectivity index (χ2v) is 9.86. The SMILES string of the molecule is CC(C)(C)CCCCCCCC(=O)OOC(C)(C)CC(C)(C)C. The molecule has 138 valence electrons. The fourth-order valence-corrected chi connectivity index (χ4v) is 2.96. The Morgan fingerprint density at radius 1 is 0.739 bits per heavy atom. The van der Waals surface area contributed by atoms with Crippen molar-refractivity contribution in [2.24, 2.45) is 10.8 Å². The smallest absolute Gasteiger partial charge is 0.298 e. The maximum atomic E-state index is 11.7. The first-order chi connectivity index (χ1) is 10.3. The Morgan fingerprint density at radius 3 is 1.78 bits per heavy atom. The first-order valence-electron chi connectivity index (χ1n) is 9.19. The Morgan fingerprint density at radius 2 is 1.26 bits per heavy atom. The fourth-order valence-electron chi connectivity index (χ4n) is 2.96. The minimum absolute atomic E-state index is 0.142. The molecule has 0 atom stereocenters. The molecule has 0 unspecified atom stereocenters. The van der Waals surface area contributed by atoms with Crippen LogP contribution in [-0.4, -0.2) is 11.6 Å². The maximum Gasteiger partial charge on any atom is 0.342 e. The van der Waals surface area contributed by atoms with E-state index in [1.807, 2.05) is 13.8 Å². The molecular weight excluding hydrogens is 288 g/mol. The topological polar surface area (TPSA) is 35.5 Å². The van der Waals surface area contributed by atoms with Crippen molar-refractivity contribution in [3.05, 3.63) is 0 Å². The highest BCUT2D eigenvalue weighted by Crippen LogP contribution is 2.29. The third-order valence-electron chi connectivity index (χ3n) is 3.62. The summed E-state index contributed by atoms with van der Waals surface area (Å²) in [4.78, 5) is 22.1. The van der Waals surface area contributed by atoms with Gasteiger partial charge in [0.15, 0.2) is 0 Å². The summed E-state index contributed by atoms with van der Waals surface area (Å²) in [5.74, 6) is -0.248. The molecule has 0 aliphatic rings. The van der Waals surface area contributed by atoms with Gasteiger partial charge in [-0.3, -0.25) is 4.89 Å². The van der Waals surface area contributed by atoms with Crippen LogP contribution in [0.2, 0.25) is 0 Å². The van der Waals surface area contributed by atoms with Gasteiger partial charge in [0.2, 0.25) is 0 Å². The number of hydrogen-bond acceptors (Lipinski definition) is 3. The molecule has 3 heteroatoms. The summed E-state index contributed by atoms with van der Waals surface area (Å²) in [5.41, 5.74) is 0.130. The van der Waals surface area contributed by atoms with E-state index in [2.05, 4.69) is 41.5 Å². The third kappa shape index (κ3) is 16.1. The second-order valence-electron chi connectivity index (χ2n) is 9.86. The molecular formula is C20H40O3. The third-order valence-corrected chi connectivity index (χ3v) is 3.62.